The van der Waals surface area contributed by atoms with E-state index in [1.165, 1.54) is 16.8 Å². The number of halogens is 1. The zero-order valence-corrected chi connectivity index (χ0v) is 14.4. The zero-order valence-electron chi connectivity index (χ0n) is 12.8. The standard InChI is InChI=1S/C18H22BrNO/c1-4-13-8-6-7-12(3)18(13)20-16(5-2)15-11-14(19)9-10-17(15)21/h6-11,16,20-21H,4-5H2,1-3H3. The Labute approximate surface area is 135 Å². The molecule has 2 N–H and O–H groups in total. The number of phenolic OH excluding ortho intramolecular Hbond substituents is 1. The SMILES string of the molecule is CCc1cccc(C)c1NC(CC)c1cc(Br)ccc1O. The highest BCUT2D eigenvalue weighted by Crippen LogP contribution is 2.33. The molecule has 2 rings (SSSR count). The maximum atomic E-state index is 10.1. The molecule has 0 saturated carbocycles. The molecule has 0 radical (unpaired) electrons. The number of benzene rings is 2. The fourth-order valence-electron chi connectivity index (χ4n) is 2.61. The lowest BCUT2D eigenvalue weighted by molar-refractivity contribution is 0.462. The smallest absolute Gasteiger partial charge is 0.120 e. The van der Waals surface area contributed by atoms with E-state index in [0.717, 1.165) is 22.9 Å². The highest BCUT2D eigenvalue weighted by atomic mass is 79.9. The third kappa shape index (κ3) is 3.59. The summed E-state index contributed by atoms with van der Waals surface area (Å²) >= 11 is 3.48. The molecule has 0 aliphatic heterocycles. The van der Waals surface area contributed by atoms with E-state index < -0.39 is 0 Å². The minimum absolute atomic E-state index is 0.0916. The van der Waals surface area contributed by atoms with Gasteiger partial charge in [0.2, 0.25) is 0 Å². The van der Waals surface area contributed by atoms with Crippen LogP contribution in [0.2, 0.25) is 0 Å². The molecule has 2 aromatic rings. The molecular formula is C18H22BrNO. The first-order valence-corrected chi connectivity index (χ1v) is 8.19. The zero-order chi connectivity index (χ0) is 15.4. The summed E-state index contributed by atoms with van der Waals surface area (Å²) in [5, 5.41) is 13.8. The van der Waals surface area contributed by atoms with Gasteiger partial charge in [-0.25, -0.2) is 0 Å². The Morgan fingerprint density at radius 2 is 1.95 bits per heavy atom. The van der Waals surface area contributed by atoms with Gasteiger partial charge in [-0.1, -0.05) is 48.0 Å². The third-order valence-corrected chi connectivity index (χ3v) is 4.33. The van der Waals surface area contributed by atoms with Crippen LogP contribution in [0.3, 0.4) is 0 Å². The van der Waals surface area contributed by atoms with Crippen LogP contribution in [-0.2, 0) is 6.42 Å². The van der Waals surface area contributed by atoms with Crippen LogP contribution in [0.15, 0.2) is 40.9 Å². The van der Waals surface area contributed by atoms with Gasteiger partial charge in [0.05, 0.1) is 6.04 Å². The summed E-state index contributed by atoms with van der Waals surface area (Å²) in [6.45, 7) is 6.41. The summed E-state index contributed by atoms with van der Waals surface area (Å²) in [5.41, 5.74) is 4.66. The molecule has 3 heteroatoms. The van der Waals surface area contributed by atoms with Crippen LogP contribution in [-0.4, -0.2) is 5.11 Å². The molecular weight excluding hydrogens is 326 g/mol. The lowest BCUT2D eigenvalue weighted by Gasteiger charge is -2.23. The van der Waals surface area contributed by atoms with E-state index in [1.54, 1.807) is 6.07 Å². The fourth-order valence-corrected chi connectivity index (χ4v) is 2.99. The van der Waals surface area contributed by atoms with E-state index in [0.29, 0.717) is 5.75 Å². The Morgan fingerprint density at radius 1 is 1.19 bits per heavy atom. The van der Waals surface area contributed by atoms with Crippen LogP contribution in [0.4, 0.5) is 5.69 Å². The first-order valence-electron chi connectivity index (χ1n) is 7.40. The van der Waals surface area contributed by atoms with Crippen molar-refractivity contribution in [3.8, 4) is 5.75 Å². The minimum atomic E-state index is 0.0916. The summed E-state index contributed by atoms with van der Waals surface area (Å²) in [7, 11) is 0. The summed E-state index contributed by atoms with van der Waals surface area (Å²) in [6.07, 6.45) is 1.90. The van der Waals surface area contributed by atoms with Gasteiger partial charge < -0.3 is 10.4 Å². The minimum Gasteiger partial charge on any atom is -0.508 e. The summed E-state index contributed by atoms with van der Waals surface area (Å²) in [4.78, 5) is 0. The number of nitrogens with one attached hydrogen (secondary N) is 1. The van der Waals surface area contributed by atoms with Gasteiger partial charge in [-0.05, 0) is 49.1 Å². The predicted molar refractivity (Wildman–Crippen MR) is 93.0 cm³/mol. The van der Waals surface area contributed by atoms with E-state index in [-0.39, 0.29) is 6.04 Å². The van der Waals surface area contributed by atoms with Crippen molar-refractivity contribution in [1.82, 2.24) is 0 Å². The Bertz CT molecular complexity index is 625. The Kier molecular flexibility index (Phi) is 5.29. The van der Waals surface area contributed by atoms with Crippen molar-refractivity contribution >= 4 is 21.6 Å². The molecule has 0 saturated heterocycles. The highest BCUT2D eigenvalue weighted by Gasteiger charge is 2.16. The van der Waals surface area contributed by atoms with Gasteiger partial charge in [-0.2, -0.15) is 0 Å². The van der Waals surface area contributed by atoms with Crippen LogP contribution in [0.25, 0.3) is 0 Å². The number of aromatic hydroxyl groups is 1. The lowest BCUT2D eigenvalue weighted by atomic mass is 10.00. The first-order chi connectivity index (χ1) is 10.1. The number of anilines is 1. The van der Waals surface area contributed by atoms with Crippen molar-refractivity contribution in [2.45, 2.75) is 39.7 Å². The van der Waals surface area contributed by atoms with Gasteiger partial charge in [0.15, 0.2) is 0 Å². The van der Waals surface area contributed by atoms with Crippen molar-refractivity contribution in [2.75, 3.05) is 5.32 Å². The molecule has 2 nitrogen and oxygen atoms in total. The van der Waals surface area contributed by atoms with Crippen molar-refractivity contribution in [3.63, 3.8) is 0 Å². The second-order valence-electron chi connectivity index (χ2n) is 5.27. The van der Waals surface area contributed by atoms with Crippen LogP contribution < -0.4 is 5.32 Å². The number of para-hydroxylation sites is 1. The second-order valence-corrected chi connectivity index (χ2v) is 6.19. The normalized spacial score (nSPS) is 12.2. The lowest BCUT2D eigenvalue weighted by Crippen LogP contribution is -2.12. The number of rotatable bonds is 5. The molecule has 21 heavy (non-hydrogen) atoms. The van der Waals surface area contributed by atoms with E-state index >= 15 is 0 Å². The molecule has 1 unspecified atom stereocenters. The molecule has 0 amide bonds. The van der Waals surface area contributed by atoms with Gasteiger partial charge in [0.1, 0.15) is 5.75 Å². The average Bonchev–Trinajstić information content (AvgIpc) is 2.48. The van der Waals surface area contributed by atoms with E-state index in [1.807, 2.05) is 12.1 Å². The molecule has 0 bridgehead atoms. The molecule has 0 spiro atoms. The van der Waals surface area contributed by atoms with Crippen LogP contribution in [0.1, 0.15) is 43.0 Å². The van der Waals surface area contributed by atoms with Crippen LogP contribution in [0, 0.1) is 6.92 Å². The molecule has 0 heterocycles. The Morgan fingerprint density at radius 3 is 2.62 bits per heavy atom. The largest absolute Gasteiger partial charge is 0.508 e. The van der Waals surface area contributed by atoms with Gasteiger partial charge >= 0.3 is 0 Å². The molecule has 0 aliphatic rings. The number of aryl methyl sites for hydroxylation is 2. The second kappa shape index (κ2) is 6.99. The van der Waals surface area contributed by atoms with Crippen molar-refractivity contribution in [2.24, 2.45) is 0 Å². The maximum absolute atomic E-state index is 10.1. The highest BCUT2D eigenvalue weighted by molar-refractivity contribution is 9.10. The first kappa shape index (κ1) is 15.9. The third-order valence-electron chi connectivity index (χ3n) is 3.83. The molecule has 112 valence electrons. The molecule has 0 aromatic heterocycles. The fraction of sp³-hybridized carbons (Fsp3) is 0.333. The Balaban J connectivity index is 2.38. The van der Waals surface area contributed by atoms with Gasteiger partial charge in [0.25, 0.3) is 0 Å². The summed E-state index contributed by atoms with van der Waals surface area (Å²) in [5.74, 6) is 0.337. The number of hydrogen-bond donors (Lipinski definition) is 2. The monoisotopic (exact) mass is 347 g/mol. The number of hydrogen-bond acceptors (Lipinski definition) is 2. The van der Waals surface area contributed by atoms with E-state index in [9.17, 15) is 5.11 Å². The predicted octanol–water partition coefficient (Wildman–Crippen LogP) is 5.59. The molecule has 0 aliphatic carbocycles. The van der Waals surface area contributed by atoms with Crippen LogP contribution >= 0.6 is 15.9 Å². The van der Waals surface area contributed by atoms with Gasteiger partial charge in [0, 0.05) is 15.7 Å². The molecule has 0 fully saturated rings. The van der Waals surface area contributed by atoms with Crippen molar-refractivity contribution < 1.29 is 5.11 Å². The van der Waals surface area contributed by atoms with Crippen LogP contribution in [0.5, 0.6) is 5.75 Å². The van der Waals surface area contributed by atoms with Crippen molar-refractivity contribution in [1.29, 1.82) is 0 Å². The molecule has 1 atom stereocenters. The van der Waals surface area contributed by atoms with E-state index in [4.69, 9.17) is 0 Å². The van der Waals surface area contributed by atoms with Crippen molar-refractivity contribution in [3.05, 3.63) is 57.6 Å². The van der Waals surface area contributed by atoms with E-state index in [2.05, 4.69) is 60.2 Å². The number of phenols is 1. The maximum Gasteiger partial charge on any atom is 0.120 e. The summed E-state index contributed by atoms with van der Waals surface area (Å²) in [6, 6.07) is 12.0. The Hall–Kier alpha value is -1.48. The van der Waals surface area contributed by atoms with Gasteiger partial charge in [-0.3, -0.25) is 0 Å². The van der Waals surface area contributed by atoms with Gasteiger partial charge in [-0.15, -0.1) is 0 Å². The average molecular weight is 348 g/mol. The topological polar surface area (TPSA) is 32.3 Å². The summed E-state index contributed by atoms with van der Waals surface area (Å²) < 4.78 is 0.982. The molecule has 2 aromatic carbocycles. The quantitative estimate of drug-likeness (QED) is 0.738.